The number of hydrogen-bond donors (Lipinski definition) is 1. The molecule has 0 aliphatic carbocycles. The minimum atomic E-state index is 0.00403. The summed E-state index contributed by atoms with van der Waals surface area (Å²) in [7, 11) is 0. The molecule has 2 N–H and O–H groups in total. The molecule has 0 fully saturated rings. The first-order valence-corrected chi connectivity index (χ1v) is 7.41. The van der Waals surface area contributed by atoms with E-state index < -0.39 is 0 Å². The van der Waals surface area contributed by atoms with Gasteiger partial charge in [0.25, 0.3) is 0 Å². The van der Waals surface area contributed by atoms with Gasteiger partial charge in [0.2, 0.25) is 0 Å². The molecule has 0 aliphatic heterocycles. The standard InChI is InChI=1S/C14H24IN3/c1-13(2,3)8-7-9-17-11(14(4,5)6)10(15)12(16)18-9/h7-8H2,1-6H3,(H2,16,17,18). The fourth-order valence-electron chi connectivity index (χ4n) is 1.61. The SMILES string of the molecule is CC(C)(C)CCc1nc(N)c(I)c(C(C)(C)C)n1. The zero-order valence-electron chi connectivity index (χ0n) is 12.3. The van der Waals surface area contributed by atoms with Crippen molar-refractivity contribution in [1.29, 1.82) is 0 Å². The van der Waals surface area contributed by atoms with Crippen LogP contribution in [0.15, 0.2) is 0 Å². The zero-order chi connectivity index (χ0) is 14.1. The quantitative estimate of drug-likeness (QED) is 0.812. The number of aromatic nitrogens is 2. The summed E-state index contributed by atoms with van der Waals surface area (Å²) in [6.07, 6.45) is 1.95. The smallest absolute Gasteiger partial charge is 0.140 e. The van der Waals surface area contributed by atoms with Crippen LogP contribution in [0.5, 0.6) is 0 Å². The van der Waals surface area contributed by atoms with Crippen LogP contribution < -0.4 is 5.73 Å². The summed E-state index contributed by atoms with van der Waals surface area (Å²) in [6.45, 7) is 13.2. The average molecular weight is 361 g/mol. The molecular weight excluding hydrogens is 337 g/mol. The Hall–Kier alpha value is -0.390. The van der Waals surface area contributed by atoms with Gasteiger partial charge in [0.05, 0.1) is 9.26 Å². The predicted octanol–water partition coefficient (Wildman–Crippen LogP) is 3.94. The number of aryl methyl sites for hydroxylation is 1. The van der Waals surface area contributed by atoms with Crippen molar-refractivity contribution >= 4 is 28.4 Å². The Morgan fingerprint density at radius 1 is 1.06 bits per heavy atom. The highest BCUT2D eigenvalue weighted by molar-refractivity contribution is 14.1. The maximum Gasteiger partial charge on any atom is 0.140 e. The van der Waals surface area contributed by atoms with Gasteiger partial charge in [-0.1, -0.05) is 41.5 Å². The second-order valence-corrected chi connectivity index (χ2v) is 8.08. The van der Waals surface area contributed by atoms with E-state index in [-0.39, 0.29) is 5.41 Å². The first-order valence-electron chi connectivity index (χ1n) is 6.33. The van der Waals surface area contributed by atoms with Crippen molar-refractivity contribution in [3.63, 3.8) is 0 Å². The van der Waals surface area contributed by atoms with Crippen LogP contribution in [-0.2, 0) is 11.8 Å². The Morgan fingerprint density at radius 2 is 1.61 bits per heavy atom. The average Bonchev–Trinajstić information content (AvgIpc) is 2.16. The first kappa shape index (κ1) is 15.7. The van der Waals surface area contributed by atoms with Crippen molar-refractivity contribution in [2.24, 2.45) is 5.41 Å². The molecule has 18 heavy (non-hydrogen) atoms. The Labute approximate surface area is 124 Å². The van der Waals surface area contributed by atoms with E-state index in [0.717, 1.165) is 27.9 Å². The third-order valence-corrected chi connectivity index (χ3v) is 3.80. The Bertz CT molecular complexity index is 428. The van der Waals surface area contributed by atoms with Gasteiger partial charge in [-0.3, -0.25) is 0 Å². The molecule has 0 unspecified atom stereocenters. The van der Waals surface area contributed by atoms with E-state index in [1.165, 1.54) is 0 Å². The van der Waals surface area contributed by atoms with Gasteiger partial charge in [-0.2, -0.15) is 0 Å². The zero-order valence-corrected chi connectivity index (χ0v) is 14.4. The van der Waals surface area contributed by atoms with E-state index in [0.29, 0.717) is 11.2 Å². The lowest BCUT2D eigenvalue weighted by Gasteiger charge is -2.22. The van der Waals surface area contributed by atoms with Gasteiger partial charge in [-0.15, -0.1) is 0 Å². The molecule has 3 nitrogen and oxygen atoms in total. The highest BCUT2D eigenvalue weighted by Gasteiger charge is 2.22. The molecule has 4 heteroatoms. The molecule has 1 rings (SSSR count). The van der Waals surface area contributed by atoms with Gasteiger partial charge in [0.1, 0.15) is 11.6 Å². The molecule has 0 radical (unpaired) electrons. The number of nitrogens with zero attached hydrogens (tertiary/aromatic N) is 2. The number of halogens is 1. The molecule has 0 saturated carbocycles. The van der Waals surface area contributed by atoms with E-state index in [1.54, 1.807) is 0 Å². The van der Waals surface area contributed by atoms with Crippen molar-refractivity contribution in [2.75, 3.05) is 5.73 Å². The van der Waals surface area contributed by atoms with Crippen molar-refractivity contribution in [3.05, 3.63) is 15.1 Å². The molecule has 1 aromatic rings. The van der Waals surface area contributed by atoms with E-state index in [1.807, 2.05) is 0 Å². The molecule has 0 saturated heterocycles. The van der Waals surface area contributed by atoms with Crippen molar-refractivity contribution in [1.82, 2.24) is 9.97 Å². The van der Waals surface area contributed by atoms with Crippen molar-refractivity contribution < 1.29 is 0 Å². The summed E-state index contributed by atoms with van der Waals surface area (Å²) in [6, 6.07) is 0. The van der Waals surface area contributed by atoms with Crippen molar-refractivity contribution in [2.45, 2.75) is 59.8 Å². The largest absolute Gasteiger partial charge is 0.383 e. The molecule has 1 aromatic heterocycles. The van der Waals surface area contributed by atoms with Gasteiger partial charge in [-0.05, 0) is 34.4 Å². The van der Waals surface area contributed by atoms with Gasteiger partial charge in [-0.25, -0.2) is 9.97 Å². The normalized spacial score (nSPS) is 12.8. The second kappa shape index (κ2) is 5.31. The van der Waals surface area contributed by atoms with Crippen molar-refractivity contribution in [3.8, 4) is 0 Å². The van der Waals surface area contributed by atoms with Crippen LogP contribution in [0.25, 0.3) is 0 Å². The van der Waals surface area contributed by atoms with Gasteiger partial charge in [0.15, 0.2) is 0 Å². The minimum absolute atomic E-state index is 0.00403. The third kappa shape index (κ3) is 4.37. The lowest BCUT2D eigenvalue weighted by Crippen LogP contribution is -2.20. The van der Waals surface area contributed by atoms with Crippen LogP contribution >= 0.6 is 22.6 Å². The summed E-state index contributed by atoms with van der Waals surface area (Å²) in [5.74, 6) is 1.48. The molecule has 0 amide bonds. The molecule has 1 heterocycles. The lowest BCUT2D eigenvalue weighted by molar-refractivity contribution is 0.373. The van der Waals surface area contributed by atoms with E-state index >= 15 is 0 Å². The Kier molecular flexibility index (Phi) is 4.62. The van der Waals surface area contributed by atoms with Crippen LogP contribution in [0.3, 0.4) is 0 Å². The molecule has 102 valence electrons. The molecule has 0 aliphatic rings. The summed E-state index contributed by atoms with van der Waals surface area (Å²) in [5.41, 5.74) is 7.35. The summed E-state index contributed by atoms with van der Waals surface area (Å²) < 4.78 is 0.986. The Morgan fingerprint density at radius 3 is 2.06 bits per heavy atom. The number of nitrogen functional groups attached to an aromatic ring is 1. The minimum Gasteiger partial charge on any atom is -0.383 e. The van der Waals surface area contributed by atoms with E-state index in [9.17, 15) is 0 Å². The fourth-order valence-corrected chi connectivity index (χ4v) is 2.66. The maximum absolute atomic E-state index is 6.00. The highest BCUT2D eigenvalue weighted by atomic mass is 127. The number of hydrogen-bond acceptors (Lipinski definition) is 3. The number of anilines is 1. The van der Waals surface area contributed by atoms with E-state index in [2.05, 4.69) is 69.1 Å². The van der Waals surface area contributed by atoms with Crippen LogP contribution in [0.4, 0.5) is 5.82 Å². The van der Waals surface area contributed by atoms with Crippen LogP contribution in [0, 0.1) is 8.99 Å². The van der Waals surface area contributed by atoms with Gasteiger partial charge >= 0.3 is 0 Å². The number of rotatable bonds is 2. The summed E-state index contributed by atoms with van der Waals surface area (Å²) in [5, 5.41) is 0. The molecular formula is C14H24IN3. The Balaban J connectivity index is 3.06. The van der Waals surface area contributed by atoms with Gasteiger partial charge < -0.3 is 5.73 Å². The van der Waals surface area contributed by atoms with Gasteiger partial charge in [0, 0.05) is 11.8 Å². The monoisotopic (exact) mass is 361 g/mol. The topological polar surface area (TPSA) is 51.8 Å². The first-order chi connectivity index (χ1) is 8.00. The van der Waals surface area contributed by atoms with Crippen LogP contribution in [-0.4, -0.2) is 9.97 Å². The summed E-state index contributed by atoms with van der Waals surface area (Å²) in [4.78, 5) is 9.12. The maximum atomic E-state index is 6.00. The molecule has 0 aromatic carbocycles. The summed E-state index contributed by atoms with van der Waals surface area (Å²) >= 11 is 2.24. The lowest BCUT2D eigenvalue weighted by atomic mass is 9.90. The van der Waals surface area contributed by atoms with Crippen LogP contribution in [0.1, 0.15) is 59.5 Å². The van der Waals surface area contributed by atoms with E-state index in [4.69, 9.17) is 10.7 Å². The fraction of sp³-hybridized carbons (Fsp3) is 0.714. The molecule has 0 atom stereocenters. The molecule has 0 spiro atoms. The molecule has 0 bridgehead atoms. The second-order valence-electron chi connectivity index (χ2n) is 7.00. The predicted molar refractivity (Wildman–Crippen MR) is 85.6 cm³/mol. The highest BCUT2D eigenvalue weighted by Crippen LogP contribution is 2.29. The number of nitrogens with two attached hydrogens (primary N) is 1. The van der Waals surface area contributed by atoms with Crippen LogP contribution in [0.2, 0.25) is 0 Å². The third-order valence-electron chi connectivity index (χ3n) is 2.73.